The van der Waals surface area contributed by atoms with Crippen LogP contribution in [0.2, 0.25) is 0 Å². The minimum Gasteiger partial charge on any atom is -0.375 e. The third-order valence-corrected chi connectivity index (χ3v) is 4.20. The predicted molar refractivity (Wildman–Crippen MR) is 53.7 cm³/mol. The molecule has 0 aromatic rings. The Hall–Kier alpha value is -0.290. The molecule has 2 rings (SSSR count). The normalized spacial score (nSPS) is 49.1. The summed E-state index contributed by atoms with van der Waals surface area (Å²) < 4.78 is 43.6. The SMILES string of the molecule is C[C@H]1[C@H]2[C@H](N)C[C@H](C(F)(F)F)C[C@H]2O[C@H]1C. The van der Waals surface area contributed by atoms with Crippen LogP contribution in [0.4, 0.5) is 13.2 Å². The van der Waals surface area contributed by atoms with Gasteiger partial charge >= 0.3 is 6.18 Å². The van der Waals surface area contributed by atoms with Crippen LogP contribution in [0.1, 0.15) is 26.7 Å². The van der Waals surface area contributed by atoms with Crippen molar-refractivity contribution in [3.63, 3.8) is 0 Å². The zero-order valence-corrected chi connectivity index (χ0v) is 9.50. The molecule has 2 nitrogen and oxygen atoms in total. The zero-order valence-electron chi connectivity index (χ0n) is 9.50. The molecule has 2 N–H and O–H groups in total. The minimum absolute atomic E-state index is 0.0213. The van der Waals surface area contributed by atoms with Gasteiger partial charge in [0, 0.05) is 12.0 Å². The van der Waals surface area contributed by atoms with Gasteiger partial charge in [-0.2, -0.15) is 13.2 Å². The quantitative estimate of drug-likeness (QED) is 0.701. The Balaban J connectivity index is 2.12. The van der Waals surface area contributed by atoms with Crippen molar-refractivity contribution in [3.8, 4) is 0 Å². The maximum absolute atomic E-state index is 12.7. The highest BCUT2D eigenvalue weighted by Gasteiger charge is 2.53. The molecule has 6 atom stereocenters. The van der Waals surface area contributed by atoms with Crippen LogP contribution in [-0.2, 0) is 4.74 Å². The average Bonchev–Trinajstić information content (AvgIpc) is 2.41. The summed E-state index contributed by atoms with van der Waals surface area (Å²) in [6.45, 7) is 3.93. The van der Waals surface area contributed by atoms with Gasteiger partial charge in [-0.25, -0.2) is 0 Å². The van der Waals surface area contributed by atoms with Gasteiger partial charge in [0.15, 0.2) is 0 Å². The van der Waals surface area contributed by atoms with Gasteiger partial charge in [-0.3, -0.25) is 0 Å². The Kier molecular flexibility index (Phi) is 2.95. The molecular weight excluding hydrogens is 219 g/mol. The number of halogens is 3. The summed E-state index contributed by atoms with van der Waals surface area (Å²) in [6, 6.07) is -0.384. The van der Waals surface area contributed by atoms with E-state index in [0.29, 0.717) is 0 Å². The topological polar surface area (TPSA) is 35.2 Å². The van der Waals surface area contributed by atoms with E-state index >= 15 is 0 Å². The van der Waals surface area contributed by atoms with Crippen LogP contribution in [0.5, 0.6) is 0 Å². The molecule has 0 amide bonds. The smallest absolute Gasteiger partial charge is 0.375 e. The summed E-state index contributed by atoms with van der Waals surface area (Å²) in [5.74, 6) is -0.941. The van der Waals surface area contributed by atoms with Crippen LogP contribution in [-0.4, -0.2) is 24.4 Å². The van der Waals surface area contributed by atoms with E-state index in [1.165, 1.54) is 0 Å². The van der Waals surface area contributed by atoms with Gasteiger partial charge in [-0.05, 0) is 25.7 Å². The van der Waals surface area contributed by atoms with Crippen LogP contribution in [0.15, 0.2) is 0 Å². The summed E-state index contributed by atoms with van der Waals surface area (Å²) in [5, 5.41) is 0. The van der Waals surface area contributed by atoms with Crippen molar-refractivity contribution >= 4 is 0 Å². The molecule has 94 valence electrons. The van der Waals surface area contributed by atoms with Gasteiger partial charge in [0.2, 0.25) is 0 Å². The summed E-state index contributed by atoms with van der Waals surface area (Å²) >= 11 is 0. The molecule has 1 saturated carbocycles. The second-order valence-corrected chi connectivity index (χ2v) is 5.19. The molecule has 2 fully saturated rings. The van der Waals surface area contributed by atoms with Crippen LogP contribution in [0, 0.1) is 17.8 Å². The van der Waals surface area contributed by atoms with Gasteiger partial charge in [0.05, 0.1) is 18.1 Å². The molecule has 1 aliphatic heterocycles. The fourth-order valence-electron chi connectivity index (χ4n) is 3.15. The number of ether oxygens (including phenoxy) is 1. The number of rotatable bonds is 0. The zero-order chi connectivity index (χ0) is 12.1. The number of hydrogen-bond donors (Lipinski definition) is 1. The van der Waals surface area contributed by atoms with E-state index in [1.54, 1.807) is 0 Å². The van der Waals surface area contributed by atoms with E-state index in [0.717, 1.165) is 0 Å². The molecule has 0 spiro atoms. The minimum atomic E-state index is -4.14. The lowest BCUT2D eigenvalue weighted by molar-refractivity contribution is -0.195. The maximum atomic E-state index is 12.7. The molecule has 2 aliphatic rings. The predicted octanol–water partition coefficient (Wildman–Crippen LogP) is 2.33. The highest BCUT2D eigenvalue weighted by atomic mass is 19.4. The monoisotopic (exact) mass is 237 g/mol. The molecule has 16 heavy (non-hydrogen) atoms. The van der Waals surface area contributed by atoms with Gasteiger partial charge in [0.1, 0.15) is 0 Å². The number of alkyl halides is 3. The van der Waals surface area contributed by atoms with Crippen molar-refractivity contribution in [1.82, 2.24) is 0 Å². The fourth-order valence-corrected chi connectivity index (χ4v) is 3.15. The van der Waals surface area contributed by atoms with E-state index < -0.39 is 12.1 Å². The number of hydrogen-bond acceptors (Lipinski definition) is 2. The third kappa shape index (κ3) is 1.95. The number of fused-ring (bicyclic) bond motifs is 1. The van der Waals surface area contributed by atoms with Crippen LogP contribution < -0.4 is 5.73 Å². The highest BCUT2D eigenvalue weighted by Crippen LogP contribution is 2.46. The average molecular weight is 237 g/mol. The summed E-state index contributed by atoms with van der Waals surface area (Å²) in [5.41, 5.74) is 5.88. The van der Waals surface area contributed by atoms with Crippen LogP contribution >= 0.6 is 0 Å². The lowest BCUT2D eigenvalue weighted by atomic mass is 9.72. The molecule has 5 heteroatoms. The summed E-state index contributed by atoms with van der Waals surface area (Å²) in [6.07, 6.45) is -4.30. The largest absolute Gasteiger partial charge is 0.391 e. The fraction of sp³-hybridized carbons (Fsp3) is 1.00. The third-order valence-electron chi connectivity index (χ3n) is 4.20. The van der Waals surface area contributed by atoms with Crippen LogP contribution in [0.3, 0.4) is 0 Å². The van der Waals surface area contributed by atoms with E-state index in [-0.39, 0.29) is 42.9 Å². The molecular formula is C11H18F3NO. The second-order valence-electron chi connectivity index (χ2n) is 5.19. The van der Waals surface area contributed by atoms with E-state index in [4.69, 9.17) is 10.5 Å². The van der Waals surface area contributed by atoms with Crippen LogP contribution in [0.25, 0.3) is 0 Å². The Morgan fingerprint density at radius 2 is 1.81 bits per heavy atom. The molecule has 1 aliphatic carbocycles. The molecule has 0 unspecified atom stereocenters. The van der Waals surface area contributed by atoms with Crippen molar-refractivity contribution in [2.24, 2.45) is 23.5 Å². The molecule has 0 radical (unpaired) electrons. The van der Waals surface area contributed by atoms with E-state index in [1.807, 2.05) is 13.8 Å². The Labute approximate surface area is 93.3 Å². The summed E-state index contributed by atoms with van der Waals surface area (Å²) in [4.78, 5) is 0. The van der Waals surface area contributed by atoms with Crippen molar-refractivity contribution in [1.29, 1.82) is 0 Å². The first-order valence-corrected chi connectivity index (χ1v) is 5.78. The highest BCUT2D eigenvalue weighted by molar-refractivity contribution is 4.98. The van der Waals surface area contributed by atoms with Crippen molar-refractivity contribution in [2.75, 3.05) is 0 Å². The Bertz CT molecular complexity index is 268. The Morgan fingerprint density at radius 3 is 2.38 bits per heavy atom. The van der Waals surface area contributed by atoms with Gasteiger partial charge in [-0.15, -0.1) is 0 Å². The Morgan fingerprint density at radius 1 is 1.19 bits per heavy atom. The first-order chi connectivity index (χ1) is 7.30. The molecule has 0 aromatic heterocycles. The van der Waals surface area contributed by atoms with E-state index in [2.05, 4.69) is 0 Å². The number of nitrogens with two attached hydrogens (primary N) is 1. The lowest BCUT2D eigenvalue weighted by Gasteiger charge is -2.37. The standard InChI is InChI=1S/C11H18F3NO/c1-5-6(2)16-9-4-7(11(12,13)14)3-8(15)10(5)9/h5-10H,3-4,15H2,1-2H3/t5-,6+,7+,8-,9-,10+/m1/s1. The maximum Gasteiger partial charge on any atom is 0.391 e. The first-order valence-electron chi connectivity index (χ1n) is 5.78. The second kappa shape index (κ2) is 3.88. The van der Waals surface area contributed by atoms with Gasteiger partial charge in [0.25, 0.3) is 0 Å². The van der Waals surface area contributed by atoms with Gasteiger partial charge < -0.3 is 10.5 Å². The van der Waals surface area contributed by atoms with E-state index in [9.17, 15) is 13.2 Å². The first kappa shape index (κ1) is 12.2. The van der Waals surface area contributed by atoms with Crippen molar-refractivity contribution < 1.29 is 17.9 Å². The molecule has 0 bridgehead atoms. The molecule has 1 heterocycles. The molecule has 1 saturated heterocycles. The van der Waals surface area contributed by atoms with Gasteiger partial charge in [-0.1, -0.05) is 6.92 Å². The van der Waals surface area contributed by atoms with Crippen molar-refractivity contribution in [2.45, 2.75) is 51.1 Å². The van der Waals surface area contributed by atoms with Crippen molar-refractivity contribution in [3.05, 3.63) is 0 Å². The lowest BCUT2D eigenvalue weighted by Crippen LogP contribution is -2.48. The molecule has 0 aromatic carbocycles. The summed E-state index contributed by atoms with van der Waals surface area (Å²) in [7, 11) is 0.